The molecule has 2 aromatic rings. The van der Waals surface area contributed by atoms with E-state index < -0.39 is 0 Å². The lowest BCUT2D eigenvalue weighted by atomic mass is 10.0. The second-order valence-corrected chi connectivity index (χ2v) is 6.28. The van der Waals surface area contributed by atoms with Crippen molar-refractivity contribution in [2.75, 3.05) is 38.2 Å². The number of nitrogens with zero attached hydrogens (tertiary/aromatic N) is 1. The lowest BCUT2D eigenvalue weighted by Crippen LogP contribution is -2.44. The smallest absolute Gasteiger partial charge is 0.319 e. The molecule has 2 aromatic carbocycles. The molecule has 132 valence electrons. The maximum absolute atomic E-state index is 12.2. The van der Waals surface area contributed by atoms with Crippen molar-refractivity contribution in [1.82, 2.24) is 10.2 Å². The van der Waals surface area contributed by atoms with E-state index in [0.717, 1.165) is 32.0 Å². The standard InChI is InChI=1S/C20H25N3O2/c1-16-7-9-17(10-8-16)19(23-11-13-25-14-12-23)15-21-20(24)22-18-5-3-2-4-6-18/h2-10,19H,11-15H2,1H3,(H2,21,22,24). The number of aryl methyl sites for hydroxylation is 1. The topological polar surface area (TPSA) is 53.6 Å². The SMILES string of the molecule is Cc1ccc(C(CNC(=O)Nc2ccccc2)N2CCOCC2)cc1. The minimum Gasteiger partial charge on any atom is -0.379 e. The number of nitrogens with one attached hydrogen (secondary N) is 2. The van der Waals surface area contributed by atoms with Crippen molar-refractivity contribution in [2.24, 2.45) is 0 Å². The third-order valence-electron chi connectivity index (χ3n) is 4.44. The van der Waals surface area contributed by atoms with Gasteiger partial charge in [-0.1, -0.05) is 48.0 Å². The van der Waals surface area contributed by atoms with Gasteiger partial charge in [0.15, 0.2) is 0 Å². The number of amides is 2. The van der Waals surface area contributed by atoms with Gasteiger partial charge in [0.05, 0.1) is 19.3 Å². The first-order chi connectivity index (χ1) is 12.2. The Bertz CT molecular complexity index is 667. The van der Waals surface area contributed by atoms with E-state index in [2.05, 4.69) is 46.7 Å². The molecule has 2 amide bonds. The maximum atomic E-state index is 12.2. The van der Waals surface area contributed by atoms with Crippen LogP contribution < -0.4 is 10.6 Å². The quantitative estimate of drug-likeness (QED) is 0.880. The summed E-state index contributed by atoms with van der Waals surface area (Å²) in [5, 5.41) is 5.88. The Labute approximate surface area is 149 Å². The Hall–Kier alpha value is -2.37. The van der Waals surface area contributed by atoms with Gasteiger partial charge in [0.2, 0.25) is 0 Å². The zero-order chi connectivity index (χ0) is 17.5. The van der Waals surface area contributed by atoms with E-state index in [1.165, 1.54) is 11.1 Å². The number of hydrogen-bond acceptors (Lipinski definition) is 3. The summed E-state index contributed by atoms with van der Waals surface area (Å²) in [6.45, 7) is 5.86. The Morgan fingerprint density at radius 2 is 1.76 bits per heavy atom. The highest BCUT2D eigenvalue weighted by Gasteiger charge is 2.23. The van der Waals surface area contributed by atoms with Crippen molar-refractivity contribution >= 4 is 11.7 Å². The number of hydrogen-bond donors (Lipinski definition) is 2. The van der Waals surface area contributed by atoms with Crippen LogP contribution >= 0.6 is 0 Å². The molecule has 5 heteroatoms. The van der Waals surface area contributed by atoms with Crippen LogP contribution in [-0.4, -0.2) is 43.8 Å². The largest absolute Gasteiger partial charge is 0.379 e. The number of benzene rings is 2. The molecule has 1 heterocycles. The highest BCUT2D eigenvalue weighted by Crippen LogP contribution is 2.22. The highest BCUT2D eigenvalue weighted by molar-refractivity contribution is 5.89. The molecule has 5 nitrogen and oxygen atoms in total. The lowest BCUT2D eigenvalue weighted by molar-refractivity contribution is 0.0168. The summed E-state index contributed by atoms with van der Waals surface area (Å²) >= 11 is 0. The van der Waals surface area contributed by atoms with E-state index >= 15 is 0 Å². The van der Waals surface area contributed by atoms with E-state index in [0.29, 0.717) is 6.54 Å². The molecule has 25 heavy (non-hydrogen) atoms. The van der Waals surface area contributed by atoms with E-state index in [4.69, 9.17) is 4.74 Å². The number of para-hydroxylation sites is 1. The summed E-state index contributed by atoms with van der Waals surface area (Å²) in [5.74, 6) is 0. The van der Waals surface area contributed by atoms with Gasteiger partial charge in [0, 0.05) is 25.3 Å². The van der Waals surface area contributed by atoms with Crippen molar-refractivity contribution in [3.05, 3.63) is 65.7 Å². The maximum Gasteiger partial charge on any atom is 0.319 e. The van der Waals surface area contributed by atoms with E-state index in [9.17, 15) is 4.79 Å². The molecule has 0 spiro atoms. The van der Waals surface area contributed by atoms with E-state index in [-0.39, 0.29) is 12.1 Å². The van der Waals surface area contributed by atoms with Gasteiger partial charge in [-0.15, -0.1) is 0 Å². The van der Waals surface area contributed by atoms with Gasteiger partial charge in [-0.2, -0.15) is 0 Å². The molecule has 1 atom stereocenters. The molecule has 2 N–H and O–H groups in total. The Balaban J connectivity index is 1.64. The number of rotatable bonds is 5. The van der Waals surface area contributed by atoms with Gasteiger partial charge in [0.1, 0.15) is 0 Å². The summed E-state index contributed by atoms with van der Waals surface area (Å²) in [4.78, 5) is 14.6. The molecule has 1 fully saturated rings. The summed E-state index contributed by atoms with van der Waals surface area (Å²) < 4.78 is 5.47. The molecular weight excluding hydrogens is 314 g/mol. The zero-order valence-electron chi connectivity index (χ0n) is 14.6. The molecule has 0 radical (unpaired) electrons. The average molecular weight is 339 g/mol. The van der Waals surface area contributed by atoms with Gasteiger partial charge in [0.25, 0.3) is 0 Å². The fraction of sp³-hybridized carbons (Fsp3) is 0.350. The second-order valence-electron chi connectivity index (χ2n) is 6.28. The third kappa shape index (κ3) is 5.05. The summed E-state index contributed by atoms with van der Waals surface area (Å²) in [7, 11) is 0. The molecule has 1 saturated heterocycles. The monoisotopic (exact) mass is 339 g/mol. The first-order valence-electron chi connectivity index (χ1n) is 8.70. The molecule has 0 bridgehead atoms. The summed E-state index contributed by atoms with van der Waals surface area (Å²) in [5.41, 5.74) is 3.24. The predicted molar refractivity (Wildman–Crippen MR) is 99.8 cm³/mol. The van der Waals surface area contributed by atoms with Crippen molar-refractivity contribution in [2.45, 2.75) is 13.0 Å². The van der Waals surface area contributed by atoms with Crippen LogP contribution in [0.4, 0.5) is 10.5 Å². The van der Waals surface area contributed by atoms with Crippen LogP contribution in [0.1, 0.15) is 17.2 Å². The van der Waals surface area contributed by atoms with Crippen LogP contribution in [0.25, 0.3) is 0 Å². The zero-order valence-corrected chi connectivity index (χ0v) is 14.6. The molecule has 3 rings (SSSR count). The molecule has 1 unspecified atom stereocenters. The molecule has 0 saturated carbocycles. The summed E-state index contributed by atoms with van der Waals surface area (Å²) in [6, 6.07) is 18.0. The first-order valence-corrected chi connectivity index (χ1v) is 8.70. The Kier molecular flexibility index (Phi) is 6.04. The molecule has 1 aliphatic heterocycles. The normalized spacial score (nSPS) is 16.2. The van der Waals surface area contributed by atoms with Crippen molar-refractivity contribution in [1.29, 1.82) is 0 Å². The third-order valence-corrected chi connectivity index (χ3v) is 4.44. The van der Waals surface area contributed by atoms with Crippen LogP contribution in [0.5, 0.6) is 0 Å². The van der Waals surface area contributed by atoms with Gasteiger partial charge in [-0.25, -0.2) is 4.79 Å². The van der Waals surface area contributed by atoms with Crippen molar-refractivity contribution in [3.63, 3.8) is 0 Å². The number of carbonyl (C=O) groups excluding carboxylic acids is 1. The first kappa shape index (κ1) is 17.5. The Morgan fingerprint density at radius 3 is 2.44 bits per heavy atom. The van der Waals surface area contributed by atoms with Gasteiger partial charge in [-0.3, -0.25) is 4.90 Å². The molecule has 0 aromatic heterocycles. The van der Waals surface area contributed by atoms with Gasteiger partial charge in [-0.05, 0) is 24.6 Å². The number of ether oxygens (including phenoxy) is 1. The van der Waals surface area contributed by atoms with Gasteiger partial charge < -0.3 is 15.4 Å². The minimum atomic E-state index is -0.184. The minimum absolute atomic E-state index is 0.144. The van der Waals surface area contributed by atoms with Crippen LogP contribution in [0.2, 0.25) is 0 Å². The lowest BCUT2D eigenvalue weighted by Gasteiger charge is -2.35. The number of urea groups is 1. The van der Waals surface area contributed by atoms with Gasteiger partial charge >= 0.3 is 6.03 Å². The van der Waals surface area contributed by atoms with Crippen LogP contribution in [0, 0.1) is 6.92 Å². The molecular formula is C20H25N3O2. The Morgan fingerprint density at radius 1 is 1.08 bits per heavy atom. The van der Waals surface area contributed by atoms with Crippen LogP contribution in [0.15, 0.2) is 54.6 Å². The average Bonchev–Trinajstić information content (AvgIpc) is 2.65. The van der Waals surface area contributed by atoms with Crippen LogP contribution in [-0.2, 0) is 4.74 Å². The molecule has 0 aliphatic carbocycles. The number of morpholine rings is 1. The number of carbonyl (C=O) groups is 1. The van der Waals surface area contributed by atoms with Crippen molar-refractivity contribution < 1.29 is 9.53 Å². The second kappa shape index (κ2) is 8.65. The highest BCUT2D eigenvalue weighted by atomic mass is 16.5. The fourth-order valence-electron chi connectivity index (χ4n) is 3.02. The predicted octanol–water partition coefficient (Wildman–Crippen LogP) is 3.19. The summed E-state index contributed by atoms with van der Waals surface area (Å²) in [6.07, 6.45) is 0. The fourth-order valence-corrected chi connectivity index (χ4v) is 3.02. The van der Waals surface area contributed by atoms with Crippen LogP contribution in [0.3, 0.4) is 0 Å². The van der Waals surface area contributed by atoms with E-state index in [1.54, 1.807) is 0 Å². The number of anilines is 1. The van der Waals surface area contributed by atoms with Crippen molar-refractivity contribution in [3.8, 4) is 0 Å². The molecule has 1 aliphatic rings. The van der Waals surface area contributed by atoms with E-state index in [1.807, 2.05) is 30.3 Å².